The number of nitrogens with zero attached hydrogens (tertiary/aromatic N) is 1. The predicted molar refractivity (Wildman–Crippen MR) is 76.7 cm³/mol. The highest BCUT2D eigenvalue weighted by Crippen LogP contribution is 2.27. The third kappa shape index (κ3) is 4.15. The lowest BCUT2D eigenvalue weighted by Crippen LogP contribution is -2.27. The molecule has 1 N–H and O–H groups in total. The number of carbonyl (C=O) groups excluding carboxylic acids is 2. The summed E-state index contributed by atoms with van der Waals surface area (Å²) >= 11 is 5.74. The second-order valence-electron chi connectivity index (χ2n) is 4.58. The number of anilines is 1. The zero-order valence-corrected chi connectivity index (χ0v) is 12.2. The Morgan fingerprint density at radius 2 is 2.27 bits per heavy atom. The SMILES string of the molecule is O=C(COC(=O)[C@H]1CCCO1)Nc1cc(Cl)ccc1[N+](=O)[O-]. The second kappa shape index (κ2) is 7.19. The van der Waals surface area contributed by atoms with E-state index in [0.29, 0.717) is 13.0 Å². The Kier molecular flexibility index (Phi) is 5.29. The first kappa shape index (κ1) is 16.2. The van der Waals surface area contributed by atoms with Gasteiger partial charge in [-0.15, -0.1) is 0 Å². The topological polar surface area (TPSA) is 108 Å². The van der Waals surface area contributed by atoms with Gasteiger partial charge in [-0.2, -0.15) is 0 Å². The number of nitro groups is 1. The quantitative estimate of drug-likeness (QED) is 0.502. The molecule has 9 heteroatoms. The zero-order chi connectivity index (χ0) is 16.1. The van der Waals surface area contributed by atoms with E-state index >= 15 is 0 Å². The molecule has 118 valence electrons. The standard InChI is InChI=1S/C13H13ClN2O6/c14-8-3-4-10(16(19)20)9(6-8)15-12(17)7-22-13(18)11-2-1-5-21-11/h3-4,6,11H,1-2,5,7H2,(H,15,17)/t11-/m1/s1. The fourth-order valence-electron chi connectivity index (χ4n) is 1.95. The Bertz CT molecular complexity index is 600. The number of carbonyl (C=O) groups is 2. The van der Waals surface area contributed by atoms with E-state index in [2.05, 4.69) is 5.32 Å². The molecule has 0 aromatic heterocycles. The van der Waals surface area contributed by atoms with Gasteiger partial charge in [-0.05, 0) is 25.0 Å². The Morgan fingerprint density at radius 1 is 1.50 bits per heavy atom. The van der Waals surface area contributed by atoms with Crippen molar-refractivity contribution in [2.24, 2.45) is 0 Å². The van der Waals surface area contributed by atoms with Crippen molar-refractivity contribution >= 4 is 34.9 Å². The van der Waals surface area contributed by atoms with Crippen LogP contribution in [0.1, 0.15) is 12.8 Å². The molecule has 1 fully saturated rings. The molecule has 1 aromatic rings. The number of hydrogen-bond acceptors (Lipinski definition) is 6. The number of ether oxygens (including phenoxy) is 2. The normalized spacial score (nSPS) is 17.0. The van der Waals surface area contributed by atoms with Gasteiger partial charge in [0, 0.05) is 17.7 Å². The third-order valence-electron chi connectivity index (χ3n) is 2.97. The predicted octanol–water partition coefficient (Wildman–Crippen LogP) is 1.91. The molecule has 22 heavy (non-hydrogen) atoms. The summed E-state index contributed by atoms with van der Waals surface area (Å²) in [6.07, 6.45) is 0.675. The van der Waals surface area contributed by atoms with Crippen LogP contribution in [0.5, 0.6) is 0 Å². The third-order valence-corrected chi connectivity index (χ3v) is 3.20. The van der Waals surface area contributed by atoms with E-state index in [1.165, 1.54) is 18.2 Å². The van der Waals surface area contributed by atoms with Crippen molar-refractivity contribution in [2.75, 3.05) is 18.5 Å². The van der Waals surface area contributed by atoms with Gasteiger partial charge in [-0.25, -0.2) is 4.79 Å². The molecule has 0 saturated carbocycles. The van der Waals surface area contributed by atoms with Gasteiger partial charge < -0.3 is 14.8 Å². The highest BCUT2D eigenvalue weighted by Gasteiger charge is 2.26. The molecular weight excluding hydrogens is 316 g/mol. The summed E-state index contributed by atoms with van der Waals surface area (Å²) in [5, 5.41) is 13.4. The van der Waals surface area contributed by atoms with Gasteiger partial charge in [0.15, 0.2) is 12.7 Å². The van der Waals surface area contributed by atoms with Crippen molar-refractivity contribution in [1.82, 2.24) is 0 Å². The number of benzene rings is 1. The van der Waals surface area contributed by atoms with Crippen LogP contribution in [-0.2, 0) is 19.1 Å². The fourth-order valence-corrected chi connectivity index (χ4v) is 2.12. The molecule has 0 bridgehead atoms. The lowest BCUT2D eigenvalue weighted by Gasteiger charge is -2.10. The highest BCUT2D eigenvalue weighted by molar-refractivity contribution is 6.31. The summed E-state index contributed by atoms with van der Waals surface area (Å²) in [7, 11) is 0. The first-order chi connectivity index (χ1) is 10.5. The fraction of sp³-hybridized carbons (Fsp3) is 0.385. The van der Waals surface area contributed by atoms with Crippen molar-refractivity contribution < 1.29 is 24.0 Å². The highest BCUT2D eigenvalue weighted by atomic mass is 35.5. The molecule has 1 amide bonds. The number of hydrogen-bond donors (Lipinski definition) is 1. The molecule has 8 nitrogen and oxygen atoms in total. The van der Waals surface area contributed by atoms with Crippen LogP contribution in [0.15, 0.2) is 18.2 Å². The van der Waals surface area contributed by atoms with Gasteiger partial charge in [0.1, 0.15) is 5.69 Å². The smallest absolute Gasteiger partial charge is 0.335 e. The van der Waals surface area contributed by atoms with Gasteiger partial charge in [-0.3, -0.25) is 14.9 Å². The summed E-state index contributed by atoms with van der Waals surface area (Å²) in [4.78, 5) is 33.5. The van der Waals surface area contributed by atoms with Crippen molar-refractivity contribution in [3.63, 3.8) is 0 Å². The summed E-state index contributed by atoms with van der Waals surface area (Å²) in [6.45, 7) is -0.0664. The molecule has 1 heterocycles. The number of nitro benzene ring substituents is 1. The maximum atomic E-state index is 11.7. The molecule has 0 spiro atoms. The molecule has 0 unspecified atom stereocenters. The van der Waals surface area contributed by atoms with Gasteiger partial charge in [0.05, 0.1) is 4.92 Å². The minimum Gasteiger partial charge on any atom is -0.454 e. The number of rotatable bonds is 5. The van der Waals surface area contributed by atoms with Crippen LogP contribution >= 0.6 is 11.6 Å². The van der Waals surface area contributed by atoms with Crippen LogP contribution in [0.2, 0.25) is 5.02 Å². The molecule has 1 atom stereocenters. The molecule has 0 radical (unpaired) electrons. The van der Waals surface area contributed by atoms with Crippen molar-refractivity contribution in [3.05, 3.63) is 33.3 Å². The lowest BCUT2D eigenvalue weighted by molar-refractivity contribution is -0.383. The minimum absolute atomic E-state index is 0.0596. The van der Waals surface area contributed by atoms with E-state index in [0.717, 1.165) is 6.42 Å². The minimum atomic E-state index is -0.697. The first-order valence-electron chi connectivity index (χ1n) is 6.49. The van der Waals surface area contributed by atoms with Gasteiger partial charge in [0.2, 0.25) is 0 Å². The number of nitrogens with one attached hydrogen (secondary N) is 1. The van der Waals surface area contributed by atoms with Crippen LogP contribution < -0.4 is 5.32 Å². The number of esters is 1. The van der Waals surface area contributed by atoms with Crippen molar-refractivity contribution in [1.29, 1.82) is 0 Å². The van der Waals surface area contributed by atoms with Crippen LogP contribution in [0, 0.1) is 10.1 Å². The summed E-state index contributed by atoms with van der Waals surface area (Å²) in [5.74, 6) is -1.31. The van der Waals surface area contributed by atoms with E-state index < -0.39 is 29.5 Å². The van der Waals surface area contributed by atoms with Crippen molar-refractivity contribution in [2.45, 2.75) is 18.9 Å². The lowest BCUT2D eigenvalue weighted by atomic mass is 10.2. The Balaban J connectivity index is 1.93. The van der Waals surface area contributed by atoms with Gasteiger partial charge in [-0.1, -0.05) is 11.6 Å². The molecular formula is C13H13ClN2O6. The Labute approximate surface area is 130 Å². The van der Waals surface area contributed by atoms with E-state index in [1.807, 2.05) is 0 Å². The maximum Gasteiger partial charge on any atom is 0.335 e. The average molecular weight is 329 g/mol. The average Bonchev–Trinajstić information content (AvgIpc) is 2.98. The van der Waals surface area contributed by atoms with Crippen LogP contribution in [0.3, 0.4) is 0 Å². The van der Waals surface area contributed by atoms with E-state index in [9.17, 15) is 19.7 Å². The van der Waals surface area contributed by atoms with E-state index in [4.69, 9.17) is 21.1 Å². The van der Waals surface area contributed by atoms with E-state index in [1.54, 1.807) is 0 Å². The van der Waals surface area contributed by atoms with Gasteiger partial charge in [0.25, 0.3) is 11.6 Å². The molecule has 2 rings (SSSR count). The first-order valence-corrected chi connectivity index (χ1v) is 6.87. The van der Waals surface area contributed by atoms with Crippen LogP contribution in [0.25, 0.3) is 0 Å². The summed E-state index contributed by atoms with van der Waals surface area (Å²) in [6, 6.07) is 3.77. The second-order valence-corrected chi connectivity index (χ2v) is 5.01. The molecule has 1 saturated heterocycles. The molecule has 1 aromatic carbocycles. The largest absolute Gasteiger partial charge is 0.454 e. The van der Waals surface area contributed by atoms with Crippen LogP contribution in [-0.4, -0.2) is 36.1 Å². The van der Waals surface area contributed by atoms with Gasteiger partial charge >= 0.3 is 5.97 Å². The molecule has 1 aliphatic heterocycles. The molecule has 1 aliphatic rings. The monoisotopic (exact) mass is 328 g/mol. The van der Waals surface area contributed by atoms with Crippen LogP contribution in [0.4, 0.5) is 11.4 Å². The zero-order valence-electron chi connectivity index (χ0n) is 11.4. The maximum absolute atomic E-state index is 11.7. The Morgan fingerprint density at radius 3 is 2.91 bits per heavy atom. The molecule has 0 aliphatic carbocycles. The van der Waals surface area contributed by atoms with Crippen molar-refractivity contribution in [3.8, 4) is 0 Å². The Hall–Kier alpha value is -2.19. The van der Waals surface area contributed by atoms with E-state index in [-0.39, 0.29) is 16.4 Å². The number of halogens is 1. The summed E-state index contributed by atoms with van der Waals surface area (Å²) in [5.41, 5.74) is -0.362. The number of amides is 1. The summed E-state index contributed by atoms with van der Waals surface area (Å²) < 4.78 is 9.93.